The van der Waals surface area contributed by atoms with Crippen molar-refractivity contribution >= 4 is 0 Å². The van der Waals surface area contributed by atoms with Gasteiger partial charge in [-0.3, -0.25) is 4.98 Å². The largest absolute Gasteiger partial charge is 0.256 e. The van der Waals surface area contributed by atoms with Crippen molar-refractivity contribution < 1.29 is 0 Å². The Hall–Kier alpha value is -1.76. The van der Waals surface area contributed by atoms with Gasteiger partial charge in [0.25, 0.3) is 0 Å². The second-order valence-corrected chi connectivity index (χ2v) is 2.91. The lowest BCUT2D eigenvalue weighted by Gasteiger charge is -1.96. The van der Waals surface area contributed by atoms with Crippen LogP contribution < -0.4 is 0 Å². The van der Waals surface area contributed by atoms with Crippen LogP contribution in [-0.2, 0) is 0 Å². The quantitative estimate of drug-likeness (QED) is 0.596. The fourth-order valence-corrected chi connectivity index (χ4v) is 1.21. The number of pyridine rings is 1. The molecular weight excluding hydrogens is 158 g/mol. The minimum Gasteiger partial charge on any atom is -0.256 e. The summed E-state index contributed by atoms with van der Waals surface area (Å²) in [5.74, 6) is 0. The molecule has 1 nitrogen and oxygen atoms in total. The molecule has 2 aromatic rings. The zero-order valence-corrected chi connectivity index (χ0v) is 7.27. The highest BCUT2D eigenvalue weighted by molar-refractivity contribution is 5.59. The Kier molecular flexibility index (Phi) is 2.01. The second-order valence-electron chi connectivity index (χ2n) is 2.91. The molecule has 0 fully saturated rings. The summed E-state index contributed by atoms with van der Waals surface area (Å²) in [5.41, 5.74) is 3.16. The fraction of sp³-hybridized carbons (Fsp3) is 0. The molecule has 13 heavy (non-hydrogen) atoms. The van der Waals surface area contributed by atoms with Crippen LogP contribution in [-0.4, -0.2) is 4.98 Å². The van der Waals surface area contributed by atoms with E-state index < -0.39 is 0 Å². The van der Waals surface area contributed by atoms with Crippen molar-refractivity contribution in [1.82, 2.24) is 4.98 Å². The van der Waals surface area contributed by atoms with E-state index in [1.165, 1.54) is 0 Å². The smallest absolute Gasteiger partial charge is 0.126 e. The molecular formula is C12H10N+. The molecule has 1 aromatic carbocycles. The first kappa shape index (κ1) is 7.87. The van der Waals surface area contributed by atoms with Gasteiger partial charge in [0.05, 0.1) is 5.69 Å². The summed E-state index contributed by atoms with van der Waals surface area (Å²) in [7, 11) is 0. The third-order valence-corrected chi connectivity index (χ3v) is 1.91. The summed E-state index contributed by atoms with van der Waals surface area (Å²) in [6.45, 7) is 3.83. The molecule has 1 heterocycles. The molecule has 0 amide bonds. The van der Waals surface area contributed by atoms with Crippen LogP contribution >= 0.6 is 0 Å². The summed E-state index contributed by atoms with van der Waals surface area (Å²) in [6, 6.07) is 13.9. The summed E-state index contributed by atoms with van der Waals surface area (Å²) in [5, 5.41) is 0. The van der Waals surface area contributed by atoms with Gasteiger partial charge < -0.3 is 0 Å². The summed E-state index contributed by atoms with van der Waals surface area (Å²) >= 11 is 0. The van der Waals surface area contributed by atoms with Crippen LogP contribution in [0.3, 0.4) is 0 Å². The van der Waals surface area contributed by atoms with Gasteiger partial charge in [-0.15, -0.1) is 0 Å². The van der Waals surface area contributed by atoms with Crippen LogP contribution in [0.15, 0.2) is 48.7 Å². The summed E-state index contributed by atoms with van der Waals surface area (Å²) in [6.07, 6.45) is 1.80. The van der Waals surface area contributed by atoms with Gasteiger partial charge in [-0.25, -0.2) is 0 Å². The molecule has 0 aliphatic heterocycles. The molecule has 0 spiro atoms. The summed E-state index contributed by atoms with van der Waals surface area (Å²) < 4.78 is 0. The lowest BCUT2D eigenvalue weighted by Crippen LogP contribution is -1.81. The van der Waals surface area contributed by atoms with Crippen molar-refractivity contribution in [2.45, 2.75) is 0 Å². The maximum absolute atomic E-state index is 4.26. The maximum atomic E-state index is 4.26. The highest BCUT2D eigenvalue weighted by Crippen LogP contribution is 2.15. The van der Waals surface area contributed by atoms with Crippen molar-refractivity contribution in [2.75, 3.05) is 0 Å². The third-order valence-electron chi connectivity index (χ3n) is 1.91. The fourth-order valence-electron chi connectivity index (χ4n) is 1.21. The Bertz CT molecular complexity index is 376. The van der Waals surface area contributed by atoms with Gasteiger partial charge in [0, 0.05) is 42.9 Å². The van der Waals surface area contributed by atoms with Crippen LogP contribution in [0.5, 0.6) is 0 Å². The van der Waals surface area contributed by atoms with Crippen molar-refractivity contribution in [3.8, 4) is 11.3 Å². The number of hydrogen-bond donors (Lipinski definition) is 0. The molecule has 0 aliphatic carbocycles. The highest BCUT2D eigenvalue weighted by Gasteiger charge is 1.99. The predicted octanol–water partition coefficient (Wildman–Crippen LogP) is 2.93. The second kappa shape index (κ2) is 3.31. The minimum atomic E-state index is 1.00. The number of aromatic nitrogens is 1. The van der Waals surface area contributed by atoms with Crippen LogP contribution in [0.25, 0.3) is 11.3 Å². The van der Waals surface area contributed by atoms with Gasteiger partial charge in [0.1, 0.15) is 5.56 Å². The van der Waals surface area contributed by atoms with Gasteiger partial charge in [0.15, 0.2) is 0 Å². The molecule has 0 aliphatic rings. The molecule has 0 unspecified atom stereocenters. The first-order valence-corrected chi connectivity index (χ1v) is 4.20. The Morgan fingerprint density at radius 2 is 1.69 bits per heavy atom. The maximum Gasteiger partial charge on any atom is 0.126 e. The van der Waals surface area contributed by atoms with E-state index in [4.69, 9.17) is 0 Å². The van der Waals surface area contributed by atoms with E-state index in [9.17, 15) is 0 Å². The SMILES string of the molecule is [CH2+]c1ccc(-c2ccccn2)cc1. The van der Waals surface area contributed by atoms with E-state index in [-0.39, 0.29) is 0 Å². The molecule has 1 heteroatoms. The lowest BCUT2D eigenvalue weighted by atomic mass is 10.1. The first-order chi connectivity index (χ1) is 6.36. The highest BCUT2D eigenvalue weighted by atomic mass is 14.7. The van der Waals surface area contributed by atoms with E-state index in [0.29, 0.717) is 0 Å². The van der Waals surface area contributed by atoms with E-state index in [1.54, 1.807) is 6.20 Å². The standard InChI is InChI=1S/C12H10N/c1-10-5-7-11(8-6-10)12-4-2-3-9-13-12/h2-9H,1H2/q+1. The molecule has 0 saturated carbocycles. The van der Waals surface area contributed by atoms with Crippen molar-refractivity contribution in [2.24, 2.45) is 0 Å². The third kappa shape index (κ3) is 1.70. The topological polar surface area (TPSA) is 12.9 Å². The van der Waals surface area contributed by atoms with E-state index in [1.807, 2.05) is 42.5 Å². The van der Waals surface area contributed by atoms with Crippen LogP contribution in [0.4, 0.5) is 0 Å². The molecule has 0 N–H and O–H groups in total. The number of nitrogens with zero attached hydrogens (tertiary/aromatic N) is 1. The average molecular weight is 168 g/mol. The minimum absolute atomic E-state index is 1.00. The van der Waals surface area contributed by atoms with Gasteiger partial charge >= 0.3 is 0 Å². The number of rotatable bonds is 1. The van der Waals surface area contributed by atoms with Gasteiger partial charge in [-0.2, -0.15) is 0 Å². The average Bonchev–Trinajstić information content (AvgIpc) is 2.20. The summed E-state index contributed by atoms with van der Waals surface area (Å²) in [4.78, 5) is 4.26. The number of benzene rings is 1. The van der Waals surface area contributed by atoms with Gasteiger partial charge in [-0.05, 0) is 12.1 Å². The van der Waals surface area contributed by atoms with E-state index in [0.717, 1.165) is 16.8 Å². The monoisotopic (exact) mass is 168 g/mol. The first-order valence-electron chi connectivity index (χ1n) is 4.20. The van der Waals surface area contributed by atoms with Crippen molar-refractivity contribution in [1.29, 1.82) is 0 Å². The van der Waals surface area contributed by atoms with Crippen molar-refractivity contribution in [3.63, 3.8) is 0 Å². The van der Waals surface area contributed by atoms with Gasteiger partial charge in [-0.1, -0.05) is 6.07 Å². The molecule has 0 saturated heterocycles. The zero-order valence-electron chi connectivity index (χ0n) is 7.27. The van der Waals surface area contributed by atoms with E-state index in [2.05, 4.69) is 11.9 Å². The van der Waals surface area contributed by atoms with Crippen LogP contribution in [0.1, 0.15) is 5.56 Å². The Morgan fingerprint density at radius 3 is 2.31 bits per heavy atom. The Balaban J connectivity index is 2.42. The molecule has 0 radical (unpaired) electrons. The Morgan fingerprint density at radius 1 is 0.923 bits per heavy atom. The lowest BCUT2D eigenvalue weighted by molar-refractivity contribution is 1.32. The van der Waals surface area contributed by atoms with Crippen LogP contribution in [0.2, 0.25) is 0 Å². The molecule has 1 aromatic heterocycles. The van der Waals surface area contributed by atoms with Crippen LogP contribution in [0, 0.1) is 6.92 Å². The van der Waals surface area contributed by atoms with Gasteiger partial charge in [0.2, 0.25) is 0 Å². The number of hydrogen-bond acceptors (Lipinski definition) is 1. The van der Waals surface area contributed by atoms with Crippen molar-refractivity contribution in [3.05, 3.63) is 61.1 Å². The molecule has 0 atom stereocenters. The van der Waals surface area contributed by atoms with E-state index >= 15 is 0 Å². The molecule has 0 bridgehead atoms. The molecule has 2 rings (SSSR count). The predicted molar refractivity (Wildman–Crippen MR) is 54.1 cm³/mol. The zero-order chi connectivity index (χ0) is 9.10. The normalized spacial score (nSPS) is 9.85. The molecule has 62 valence electrons. The Labute approximate surface area is 78.1 Å².